The van der Waals surface area contributed by atoms with Gasteiger partial charge >= 0.3 is 0 Å². The van der Waals surface area contributed by atoms with E-state index in [2.05, 4.69) is 63.9 Å². The first-order valence-corrected chi connectivity index (χ1v) is 11.5. The summed E-state index contributed by atoms with van der Waals surface area (Å²) in [5, 5.41) is 9.37. The highest BCUT2D eigenvalue weighted by atomic mass is 79.9. The molecule has 0 aliphatic heterocycles. The Hall–Kier alpha value is -1.83. The number of ketones is 1. The third kappa shape index (κ3) is 5.59. The lowest BCUT2D eigenvalue weighted by Crippen LogP contribution is -2.06. The summed E-state index contributed by atoms with van der Waals surface area (Å²) in [6.45, 7) is 6.53. The summed E-state index contributed by atoms with van der Waals surface area (Å²) in [6.07, 6.45) is 1.82. The van der Waals surface area contributed by atoms with Crippen LogP contribution in [-0.2, 0) is 12.3 Å². The molecular formula is C21H20BrN3OS2. The van der Waals surface area contributed by atoms with Crippen LogP contribution < -0.4 is 0 Å². The van der Waals surface area contributed by atoms with Crippen LogP contribution in [0.2, 0.25) is 0 Å². The Bertz CT molecular complexity index is 953. The summed E-state index contributed by atoms with van der Waals surface area (Å²) < 4.78 is 2.98. The molecule has 2 aromatic carbocycles. The van der Waals surface area contributed by atoms with E-state index in [1.165, 1.54) is 22.2 Å². The van der Waals surface area contributed by atoms with Crippen molar-refractivity contribution >= 4 is 45.2 Å². The van der Waals surface area contributed by atoms with Crippen LogP contribution in [-0.4, -0.2) is 26.3 Å². The third-order valence-corrected chi connectivity index (χ3v) is 6.50. The molecule has 0 aliphatic rings. The molecule has 0 saturated carbocycles. The standard InChI is InChI=1S/C21H20BrN3OS2/c1-3-12-25-20(14-27-18-10-4-15(2)5-11-18)23-24-21(25)28-13-19(26)16-6-8-17(22)9-7-16/h3-11H,1,12-14H2,2H3. The molecule has 0 amide bonds. The van der Waals surface area contributed by atoms with Crippen LogP contribution in [0.4, 0.5) is 0 Å². The smallest absolute Gasteiger partial charge is 0.191 e. The lowest BCUT2D eigenvalue weighted by molar-refractivity contribution is 0.102. The number of Topliss-reactive ketones (excluding diaryl/α,β-unsaturated/α-hetero) is 1. The highest BCUT2D eigenvalue weighted by molar-refractivity contribution is 9.10. The van der Waals surface area contributed by atoms with Gasteiger partial charge in [0.25, 0.3) is 0 Å². The van der Waals surface area contributed by atoms with Crippen LogP contribution in [0.25, 0.3) is 0 Å². The minimum Gasteiger partial charge on any atom is -0.301 e. The second-order valence-electron chi connectivity index (χ2n) is 6.12. The average molecular weight is 474 g/mol. The largest absolute Gasteiger partial charge is 0.301 e. The van der Waals surface area contributed by atoms with Crippen molar-refractivity contribution < 1.29 is 4.79 Å². The summed E-state index contributed by atoms with van der Waals surface area (Å²) in [5.41, 5.74) is 1.94. The van der Waals surface area contributed by atoms with Gasteiger partial charge in [0.2, 0.25) is 0 Å². The van der Waals surface area contributed by atoms with Gasteiger partial charge in [-0.2, -0.15) is 0 Å². The minimum atomic E-state index is 0.0706. The van der Waals surface area contributed by atoms with Crippen molar-refractivity contribution in [3.8, 4) is 0 Å². The Morgan fingerprint density at radius 2 is 1.82 bits per heavy atom. The van der Waals surface area contributed by atoms with Gasteiger partial charge in [-0.05, 0) is 31.2 Å². The number of hydrogen-bond donors (Lipinski definition) is 0. The summed E-state index contributed by atoms with van der Waals surface area (Å²) in [7, 11) is 0. The number of benzene rings is 2. The maximum Gasteiger partial charge on any atom is 0.191 e. The van der Waals surface area contributed by atoms with Gasteiger partial charge in [0.15, 0.2) is 10.9 Å². The van der Waals surface area contributed by atoms with Crippen LogP contribution >= 0.6 is 39.5 Å². The lowest BCUT2D eigenvalue weighted by atomic mass is 10.2. The molecular weight excluding hydrogens is 454 g/mol. The second-order valence-corrected chi connectivity index (χ2v) is 9.03. The zero-order valence-corrected chi connectivity index (χ0v) is 18.7. The van der Waals surface area contributed by atoms with Gasteiger partial charge in [-0.1, -0.05) is 63.6 Å². The fourth-order valence-corrected chi connectivity index (χ4v) is 4.44. The molecule has 0 fully saturated rings. The second kappa shape index (κ2) is 10.1. The van der Waals surface area contributed by atoms with E-state index < -0.39 is 0 Å². The summed E-state index contributed by atoms with van der Waals surface area (Å²) in [5.74, 6) is 1.98. The van der Waals surface area contributed by atoms with Crippen LogP contribution in [0.1, 0.15) is 21.7 Å². The first kappa shape index (κ1) is 20.9. The number of halogens is 1. The highest BCUT2D eigenvalue weighted by Gasteiger charge is 2.14. The van der Waals surface area contributed by atoms with E-state index >= 15 is 0 Å². The fourth-order valence-electron chi connectivity index (χ4n) is 2.48. The van der Waals surface area contributed by atoms with E-state index in [-0.39, 0.29) is 5.78 Å². The van der Waals surface area contributed by atoms with E-state index in [0.717, 1.165) is 15.5 Å². The van der Waals surface area contributed by atoms with Gasteiger partial charge in [-0.25, -0.2) is 0 Å². The van der Waals surface area contributed by atoms with E-state index in [4.69, 9.17) is 0 Å². The number of hydrogen-bond acceptors (Lipinski definition) is 5. The highest BCUT2D eigenvalue weighted by Crippen LogP contribution is 2.25. The number of thioether (sulfide) groups is 2. The quantitative estimate of drug-likeness (QED) is 0.223. The first-order chi connectivity index (χ1) is 13.6. The topological polar surface area (TPSA) is 47.8 Å². The maximum atomic E-state index is 12.4. The summed E-state index contributed by atoms with van der Waals surface area (Å²) in [4.78, 5) is 13.6. The minimum absolute atomic E-state index is 0.0706. The van der Waals surface area contributed by atoms with Crippen LogP contribution in [0.3, 0.4) is 0 Å². The number of rotatable bonds is 9. The van der Waals surface area contributed by atoms with Crippen molar-refractivity contribution in [2.45, 2.75) is 29.3 Å². The zero-order chi connectivity index (χ0) is 19.9. The van der Waals surface area contributed by atoms with Crippen LogP contribution in [0.15, 0.2) is 75.7 Å². The van der Waals surface area contributed by atoms with Gasteiger partial charge in [0.1, 0.15) is 5.82 Å². The number of allylic oxidation sites excluding steroid dienone is 1. The Morgan fingerprint density at radius 1 is 1.11 bits per heavy atom. The molecule has 28 heavy (non-hydrogen) atoms. The number of carbonyl (C=O) groups excluding carboxylic acids is 1. The molecule has 0 spiro atoms. The SMILES string of the molecule is C=CCn1c(CSc2ccc(C)cc2)nnc1SCC(=O)c1ccc(Br)cc1. The van der Waals surface area contributed by atoms with Gasteiger partial charge in [-0.15, -0.1) is 28.5 Å². The molecule has 0 bridgehead atoms. The predicted octanol–water partition coefficient (Wildman–Crippen LogP) is 5.80. The van der Waals surface area contributed by atoms with E-state index in [9.17, 15) is 4.79 Å². The van der Waals surface area contributed by atoms with E-state index in [1.54, 1.807) is 11.8 Å². The van der Waals surface area contributed by atoms with Crippen molar-refractivity contribution in [1.29, 1.82) is 0 Å². The number of nitrogens with zero attached hydrogens (tertiary/aromatic N) is 3. The van der Waals surface area contributed by atoms with Crippen molar-refractivity contribution in [2.24, 2.45) is 0 Å². The number of aryl methyl sites for hydroxylation is 1. The van der Waals surface area contributed by atoms with Gasteiger partial charge < -0.3 is 4.57 Å². The Labute approximate surface area is 182 Å². The number of carbonyl (C=O) groups is 1. The zero-order valence-electron chi connectivity index (χ0n) is 15.5. The molecule has 1 heterocycles. The van der Waals surface area contributed by atoms with Gasteiger partial charge in [0.05, 0.1) is 11.5 Å². The normalized spacial score (nSPS) is 10.8. The van der Waals surface area contributed by atoms with Crippen molar-refractivity contribution in [3.63, 3.8) is 0 Å². The summed E-state index contributed by atoms with van der Waals surface area (Å²) in [6, 6.07) is 15.8. The Balaban J connectivity index is 1.65. The van der Waals surface area contributed by atoms with E-state index in [0.29, 0.717) is 23.6 Å². The molecule has 0 atom stereocenters. The third-order valence-electron chi connectivity index (χ3n) is 3.99. The van der Waals surface area contributed by atoms with Crippen molar-refractivity contribution in [3.05, 3.63) is 82.6 Å². The first-order valence-electron chi connectivity index (χ1n) is 8.71. The summed E-state index contributed by atoms with van der Waals surface area (Å²) >= 11 is 6.51. The monoisotopic (exact) mass is 473 g/mol. The molecule has 3 rings (SSSR count). The molecule has 0 radical (unpaired) electrons. The lowest BCUT2D eigenvalue weighted by Gasteiger charge is -2.08. The maximum absolute atomic E-state index is 12.4. The molecule has 4 nitrogen and oxygen atoms in total. The van der Waals surface area contributed by atoms with Crippen LogP contribution in [0.5, 0.6) is 0 Å². The molecule has 0 unspecified atom stereocenters. The van der Waals surface area contributed by atoms with Crippen LogP contribution in [0, 0.1) is 6.92 Å². The molecule has 0 aliphatic carbocycles. The molecule has 0 saturated heterocycles. The van der Waals surface area contributed by atoms with Crippen molar-refractivity contribution in [2.75, 3.05) is 5.75 Å². The number of aromatic nitrogens is 3. The van der Waals surface area contributed by atoms with Gasteiger partial charge in [0, 0.05) is 21.5 Å². The predicted molar refractivity (Wildman–Crippen MR) is 120 cm³/mol. The van der Waals surface area contributed by atoms with Gasteiger partial charge in [-0.3, -0.25) is 4.79 Å². The molecule has 7 heteroatoms. The molecule has 0 N–H and O–H groups in total. The molecule has 144 valence electrons. The van der Waals surface area contributed by atoms with Crippen molar-refractivity contribution in [1.82, 2.24) is 14.8 Å². The van der Waals surface area contributed by atoms with E-state index in [1.807, 2.05) is 34.9 Å². The molecule has 3 aromatic rings. The molecule has 1 aromatic heterocycles. The average Bonchev–Trinajstić information content (AvgIpc) is 3.08. The Morgan fingerprint density at radius 3 is 2.50 bits per heavy atom. The fraction of sp³-hybridized carbons (Fsp3) is 0.190. The Kier molecular flexibility index (Phi) is 7.53.